The molecule has 2 aliphatic rings. The van der Waals surface area contributed by atoms with Crippen molar-refractivity contribution in [2.24, 2.45) is 4.99 Å². The van der Waals surface area contributed by atoms with Gasteiger partial charge in [0.05, 0.1) is 12.6 Å². The predicted octanol–water partition coefficient (Wildman–Crippen LogP) is 6.50. The van der Waals surface area contributed by atoms with Gasteiger partial charge in [-0.2, -0.15) is 0 Å². The van der Waals surface area contributed by atoms with Crippen LogP contribution >= 0.6 is 23.2 Å². The topological polar surface area (TPSA) is 91.8 Å². The van der Waals surface area contributed by atoms with Gasteiger partial charge in [-0.15, -0.1) is 0 Å². The van der Waals surface area contributed by atoms with Gasteiger partial charge in [0, 0.05) is 22.2 Å². The summed E-state index contributed by atoms with van der Waals surface area (Å²) < 4.78 is 19.1. The molecular weight excluding hydrogens is 530 g/mol. The Morgan fingerprint density at radius 3 is 2.58 bits per heavy atom. The van der Waals surface area contributed by atoms with Gasteiger partial charge in [-0.25, -0.2) is 14.6 Å². The molecule has 3 N–H and O–H groups in total. The number of anilines is 1. The van der Waals surface area contributed by atoms with E-state index in [2.05, 4.69) is 16.2 Å². The molecule has 198 valence electrons. The number of aryl methyl sites for hydroxylation is 1. The molecule has 5 rings (SSSR count). The van der Waals surface area contributed by atoms with Gasteiger partial charge in [-0.05, 0) is 73.4 Å². The van der Waals surface area contributed by atoms with E-state index in [1.54, 1.807) is 25.1 Å². The molecule has 0 saturated carbocycles. The molecule has 0 radical (unpaired) electrons. The summed E-state index contributed by atoms with van der Waals surface area (Å²) in [7, 11) is 0. The van der Waals surface area contributed by atoms with Gasteiger partial charge in [0.25, 0.3) is 0 Å². The molecule has 0 aliphatic carbocycles. The lowest BCUT2D eigenvalue weighted by molar-refractivity contribution is -0.122. The highest BCUT2D eigenvalue weighted by Gasteiger charge is 2.55. The maximum absolute atomic E-state index is 14.2. The van der Waals surface area contributed by atoms with Crippen molar-refractivity contribution in [1.29, 1.82) is 0 Å². The van der Waals surface area contributed by atoms with Gasteiger partial charge in [-0.3, -0.25) is 15.2 Å². The number of hydrogen-bond acceptors (Lipinski definition) is 5. The average Bonchev–Trinajstić information content (AvgIpc) is 3.16. The normalized spacial score (nSPS) is 19.4. The minimum atomic E-state index is -1.02. The summed E-state index contributed by atoms with van der Waals surface area (Å²) in [6.45, 7) is 3.78. The summed E-state index contributed by atoms with van der Waals surface area (Å²) in [5.41, 5.74) is 7.01. The molecule has 38 heavy (non-hydrogen) atoms. The maximum atomic E-state index is 14.2. The molecular formula is C28H27Cl2FN4O3. The SMILES string of the molecule is CCOC(=O)NNC1=N[C@H](c2cc(F)ccc2C)[C@]2(CC1)C(=O)Nc1cc(Cl)ccc12.Clc1ccccc1. The smallest absolute Gasteiger partial charge is 0.425 e. The minimum absolute atomic E-state index is 0.209. The van der Waals surface area contributed by atoms with Crippen molar-refractivity contribution in [2.45, 2.75) is 38.1 Å². The molecule has 2 aliphatic heterocycles. The summed E-state index contributed by atoms with van der Waals surface area (Å²) >= 11 is 11.7. The van der Waals surface area contributed by atoms with Gasteiger partial charge in [0.2, 0.25) is 5.91 Å². The summed E-state index contributed by atoms with van der Waals surface area (Å²) in [5, 5.41) is 4.22. The van der Waals surface area contributed by atoms with Crippen LogP contribution in [0.2, 0.25) is 10.0 Å². The summed E-state index contributed by atoms with van der Waals surface area (Å²) in [6.07, 6.45) is 0.166. The summed E-state index contributed by atoms with van der Waals surface area (Å²) in [4.78, 5) is 29.8. The van der Waals surface area contributed by atoms with Gasteiger partial charge < -0.3 is 10.1 Å². The Morgan fingerprint density at radius 2 is 1.89 bits per heavy atom. The molecule has 10 heteroatoms. The van der Waals surface area contributed by atoms with Crippen LogP contribution < -0.4 is 16.2 Å². The van der Waals surface area contributed by atoms with E-state index in [1.807, 2.05) is 43.3 Å². The van der Waals surface area contributed by atoms with E-state index in [9.17, 15) is 14.0 Å². The highest BCUT2D eigenvalue weighted by atomic mass is 35.5. The number of carbonyl (C=O) groups is 2. The molecule has 3 aromatic rings. The average molecular weight is 557 g/mol. The van der Waals surface area contributed by atoms with E-state index in [0.29, 0.717) is 35.0 Å². The number of fused-ring (bicyclic) bond motifs is 2. The molecule has 0 saturated heterocycles. The summed E-state index contributed by atoms with van der Waals surface area (Å²) in [6, 6.07) is 18.5. The second kappa shape index (κ2) is 11.8. The van der Waals surface area contributed by atoms with Crippen LogP contribution in [0.3, 0.4) is 0 Å². The van der Waals surface area contributed by atoms with Crippen molar-refractivity contribution in [2.75, 3.05) is 11.9 Å². The molecule has 0 bridgehead atoms. The second-order valence-corrected chi connectivity index (χ2v) is 9.73. The number of hydrogen-bond donors (Lipinski definition) is 3. The number of halogens is 3. The van der Waals surface area contributed by atoms with Crippen LogP contribution in [0.4, 0.5) is 14.9 Å². The monoisotopic (exact) mass is 556 g/mol. The molecule has 2 amide bonds. The largest absolute Gasteiger partial charge is 0.449 e. The second-order valence-electron chi connectivity index (χ2n) is 8.86. The predicted molar refractivity (Wildman–Crippen MR) is 147 cm³/mol. The minimum Gasteiger partial charge on any atom is -0.449 e. The van der Waals surface area contributed by atoms with E-state index in [0.717, 1.165) is 16.1 Å². The van der Waals surface area contributed by atoms with Crippen molar-refractivity contribution in [1.82, 2.24) is 10.9 Å². The highest BCUT2D eigenvalue weighted by Crippen LogP contribution is 2.53. The van der Waals surface area contributed by atoms with Crippen molar-refractivity contribution in [3.8, 4) is 0 Å². The van der Waals surface area contributed by atoms with E-state index >= 15 is 0 Å². The van der Waals surface area contributed by atoms with Crippen molar-refractivity contribution in [3.63, 3.8) is 0 Å². The van der Waals surface area contributed by atoms with Crippen molar-refractivity contribution in [3.05, 3.63) is 99.3 Å². The van der Waals surface area contributed by atoms with Gasteiger partial charge in [-0.1, -0.05) is 53.5 Å². The first-order valence-electron chi connectivity index (χ1n) is 12.1. The zero-order chi connectivity index (χ0) is 27.3. The van der Waals surface area contributed by atoms with Crippen molar-refractivity contribution >= 4 is 46.7 Å². The van der Waals surface area contributed by atoms with Crippen LogP contribution in [-0.2, 0) is 14.9 Å². The number of carbonyl (C=O) groups excluding carboxylic acids is 2. The third-order valence-electron chi connectivity index (χ3n) is 6.48. The van der Waals surface area contributed by atoms with E-state index < -0.39 is 23.4 Å². The Hall–Kier alpha value is -3.62. The fraction of sp³-hybridized carbons (Fsp3) is 0.250. The molecule has 2 heterocycles. The van der Waals surface area contributed by atoms with Crippen LogP contribution in [0.5, 0.6) is 0 Å². The zero-order valence-electron chi connectivity index (χ0n) is 20.9. The molecule has 1 spiro atoms. The number of aliphatic imine (C=N–C) groups is 1. The lowest BCUT2D eigenvalue weighted by Crippen LogP contribution is -2.48. The third-order valence-corrected chi connectivity index (χ3v) is 6.96. The summed E-state index contributed by atoms with van der Waals surface area (Å²) in [5.74, 6) is -0.146. The number of hydrazine groups is 1. The Morgan fingerprint density at radius 1 is 1.13 bits per heavy atom. The highest BCUT2D eigenvalue weighted by molar-refractivity contribution is 6.31. The standard InChI is InChI=1S/C22H22ClFN4O3.C6H5Cl/c1-3-31-21(30)28-27-18-8-9-22(16-7-5-13(23)10-17(16)25-20(22)29)19(26-18)15-11-14(24)6-4-12(15)2;7-6-4-2-1-3-5-6/h4-7,10-11,19H,3,8-9H2,1-2H3,(H,25,29)(H,26,27)(H,28,30);1-5H/t19-,22-;/m1./s1. The quantitative estimate of drug-likeness (QED) is 0.314. The lowest BCUT2D eigenvalue weighted by atomic mass is 9.67. The lowest BCUT2D eigenvalue weighted by Gasteiger charge is -2.38. The molecule has 7 nitrogen and oxygen atoms in total. The van der Waals surface area contributed by atoms with Crippen LogP contribution in [0.25, 0.3) is 0 Å². The Balaban J connectivity index is 0.000000417. The number of amides is 2. The number of benzene rings is 3. The van der Waals surface area contributed by atoms with Crippen LogP contribution in [0.15, 0.2) is 71.7 Å². The van der Waals surface area contributed by atoms with E-state index in [1.165, 1.54) is 12.1 Å². The van der Waals surface area contributed by atoms with Crippen molar-refractivity contribution < 1.29 is 18.7 Å². The van der Waals surface area contributed by atoms with Gasteiger partial charge >= 0.3 is 6.09 Å². The maximum Gasteiger partial charge on any atom is 0.425 e. The first-order valence-corrected chi connectivity index (χ1v) is 12.8. The van der Waals surface area contributed by atoms with Crippen LogP contribution in [0, 0.1) is 12.7 Å². The molecule has 2 atom stereocenters. The molecule has 0 aromatic heterocycles. The number of rotatable bonds is 2. The fourth-order valence-corrected chi connectivity index (χ4v) is 5.03. The Bertz CT molecular complexity index is 1370. The van der Waals surface area contributed by atoms with Crippen LogP contribution in [-0.4, -0.2) is 24.4 Å². The van der Waals surface area contributed by atoms with Gasteiger partial charge in [0.1, 0.15) is 17.1 Å². The first-order chi connectivity index (χ1) is 18.2. The fourth-order valence-electron chi connectivity index (χ4n) is 4.71. The van der Waals surface area contributed by atoms with Gasteiger partial charge in [0.15, 0.2) is 0 Å². The number of ether oxygens (including phenoxy) is 1. The number of nitrogens with zero attached hydrogens (tertiary/aromatic N) is 1. The molecule has 0 fully saturated rings. The van der Waals surface area contributed by atoms with E-state index in [4.69, 9.17) is 32.9 Å². The first kappa shape index (κ1) is 27.4. The molecule has 0 unspecified atom stereocenters. The number of amidine groups is 1. The Kier molecular flexibility index (Phi) is 8.54. The Labute approximate surface area is 230 Å². The molecule has 3 aromatic carbocycles. The van der Waals surface area contributed by atoms with E-state index in [-0.39, 0.29) is 12.5 Å². The van der Waals surface area contributed by atoms with Crippen LogP contribution in [0.1, 0.15) is 42.5 Å². The third kappa shape index (κ3) is 5.76. The zero-order valence-corrected chi connectivity index (χ0v) is 22.4. The number of nitrogens with one attached hydrogen (secondary N) is 3.